The summed E-state index contributed by atoms with van der Waals surface area (Å²) in [6.07, 6.45) is 3.64. The molecule has 1 amide bonds. The average molecular weight is 195 g/mol. The van der Waals surface area contributed by atoms with Crippen LogP contribution in [0.3, 0.4) is 0 Å². The zero-order valence-electron chi connectivity index (χ0n) is 8.03. The van der Waals surface area contributed by atoms with Gasteiger partial charge in [-0.2, -0.15) is 0 Å². The Balaban J connectivity index is 1.98. The molecule has 2 rings (SSSR count). The topological polar surface area (TPSA) is 69.2 Å². The lowest BCUT2D eigenvalue weighted by Gasteiger charge is -2.45. The summed E-state index contributed by atoms with van der Waals surface area (Å²) in [7, 11) is 0. The van der Waals surface area contributed by atoms with Crippen LogP contribution in [0.5, 0.6) is 0 Å². The molecule has 0 atom stereocenters. The second-order valence-corrected chi connectivity index (χ2v) is 3.70. The van der Waals surface area contributed by atoms with Crippen molar-refractivity contribution in [3.05, 3.63) is 18.2 Å². The molecule has 0 saturated carbocycles. The third-order valence-corrected chi connectivity index (χ3v) is 2.64. The second kappa shape index (κ2) is 3.09. The molecule has 0 unspecified atom stereocenters. The number of rotatable bonds is 2. The Kier molecular flexibility index (Phi) is 2.03. The molecule has 14 heavy (non-hydrogen) atoms. The number of nitrogens with zero attached hydrogens (tertiary/aromatic N) is 2. The van der Waals surface area contributed by atoms with E-state index in [1.807, 2.05) is 6.92 Å². The summed E-state index contributed by atoms with van der Waals surface area (Å²) < 4.78 is 0. The van der Waals surface area contributed by atoms with Gasteiger partial charge in [-0.25, -0.2) is 4.98 Å². The molecule has 1 aromatic rings. The van der Waals surface area contributed by atoms with Crippen LogP contribution >= 0.6 is 0 Å². The van der Waals surface area contributed by atoms with Crippen molar-refractivity contribution in [3.8, 4) is 0 Å². The van der Waals surface area contributed by atoms with Gasteiger partial charge < -0.3 is 15.0 Å². The first kappa shape index (κ1) is 9.21. The summed E-state index contributed by atoms with van der Waals surface area (Å²) >= 11 is 0. The monoisotopic (exact) mass is 195 g/mol. The number of hydrogen-bond donors (Lipinski definition) is 2. The zero-order valence-corrected chi connectivity index (χ0v) is 8.03. The Bertz CT molecular complexity index is 328. The highest BCUT2D eigenvalue weighted by Crippen LogP contribution is 2.25. The highest BCUT2D eigenvalue weighted by molar-refractivity contribution is 5.92. The number of carbonyl (C=O) groups excluding carboxylic acids is 1. The van der Waals surface area contributed by atoms with E-state index in [0.29, 0.717) is 25.2 Å². The number of likely N-dealkylation sites (tertiary alicyclic amines) is 1. The molecule has 0 aromatic carbocycles. The van der Waals surface area contributed by atoms with E-state index in [0.717, 1.165) is 0 Å². The maximum absolute atomic E-state index is 11.6. The van der Waals surface area contributed by atoms with Crippen LogP contribution in [0.4, 0.5) is 0 Å². The second-order valence-electron chi connectivity index (χ2n) is 3.70. The number of imidazole rings is 1. The van der Waals surface area contributed by atoms with Crippen molar-refractivity contribution in [3.63, 3.8) is 0 Å². The highest BCUT2D eigenvalue weighted by Gasteiger charge is 2.42. The molecule has 5 nitrogen and oxygen atoms in total. The summed E-state index contributed by atoms with van der Waals surface area (Å²) in [5, 5.41) is 9.72. The molecule has 1 aromatic heterocycles. The smallest absolute Gasteiger partial charge is 0.272 e. The summed E-state index contributed by atoms with van der Waals surface area (Å²) in [6.45, 7) is 2.75. The van der Waals surface area contributed by atoms with Crippen LogP contribution in [0.1, 0.15) is 23.8 Å². The average Bonchev–Trinajstić information content (AvgIpc) is 2.64. The first-order valence-electron chi connectivity index (χ1n) is 4.65. The van der Waals surface area contributed by atoms with Gasteiger partial charge in [-0.1, -0.05) is 6.92 Å². The minimum Gasteiger partial charge on any atom is -0.386 e. The van der Waals surface area contributed by atoms with Crippen molar-refractivity contribution < 1.29 is 9.90 Å². The number of β-amino-alcohol motifs (C(OH)–C–C–N with tert-alkyl or cyclic N) is 1. The first-order chi connectivity index (χ1) is 6.64. The summed E-state index contributed by atoms with van der Waals surface area (Å²) in [4.78, 5) is 19.8. The van der Waals surface area contributed by atoms with Gasteiger partial charge in [0.1, 0.15) is 5.69 Å². The quantitative estimate of drug-likeness (QED) is 0.698. The minimum atomic E-state index is -0.671. The van der Waals surface area contributed by atoms with Crippen LogP contribution < -0.4 is 0 Å². The van der Waals surface area contributed by atoms with Crippen LogP contribution in [-0.2, 0) is 0 Å². The highest BCUT2D eigenvalue weighted by atomic mass is 16.3. The Morgan fingerprint density at radius 2 is 2.50 bits per heavy atom. The van der Waals surface area contributed by atoms with Crippen LogP contribution in [-0.4, -0.2) is 44.6 Å². The van der Waals surface area contributed by atoms with Gasteiger partial charge in [0, 0.05) is 0 Å². The molecule has 0 bridgehead atoms. The zero-order chi connectivity index (χ0) is 10.2. The standard InChI is InChI=1S/C9H13N3O2/c1-2-9(14)4-12(5-9)8(13)7-3-10-6-11-7/h3,6,14H,2,4-5H2,1H3,(H,10,11). The molecular formula is C9H13N3O2. The first-order valence-corrected chi connectivity index (χ1v) is 4.65. The maximum Gasteiger partial charge on any atom is 0.272 e. The molecule has 2 N–H and O–H groups in total. The minimum absolute atomic E-state index is 0.0966. The molecule has 1 fully saturated rings. The number of H-pyrrole nitrogens is 1. The molecule has 0 spiro atoms. The fourth-order valence-electron chi connectivity index (χ4n) is 1.57. The number of hydrogen-bond acceptors (Lipinski definition) is 3. The van der Waals surface area contributed by atoms with Gasteiger partial charge in [-0.05, 0) is 6.42 Å². The van der Waals surface area contributed by atoms with Crippen molar-refractivity contribution in [1.29, 1.82) is 0 Å². The molecule has 0 aliphatic carbocycles. The van der Waals surface area contributed by atoms with E-state index >= 15 is 0 Å². The number of nitrogens with one attached hydrogen (secondary N) is 1. The summed E-state index contributed by atoms with van der Waals surface area (Å²) in [6, 6.07) is 0. The van der Waals surface area contributed by atoms with E-state index in [9.17, 15) is 9.90 Å². The largest absolute Gasteiger partial charge is 0.386 e. The van der Waals surface area contributed by atoms with Crippen molar-refractivity contribution in [1.82, 2.24) is 14.9 Å². The lowest BCUT2D eigenvalue weighted by molar-refractivity contribution is -0.0828. The van der Waals surface area contributed by atoms with Gasteiger partial charge in [0.05, 0.1) is 31.2 Å². The number of aromatic amines is 1. The number of amides is 1. The molecule has 1 aliphatic rings. The lowest BCUT2D eigenvalue weighted by Crippen LogP contribution is -2.63. The molecule has 2 heterocycles. The third-order valence-electron chi connectivity index (χ3n) is 2.64. The normalized spacial score (nSPS) is 19.1. The fraction of sp³-hybridized carbons (Fsp3) is 0.556. The molecule has 76 valence electrons. The fourth-order valence-corrected chi connectivity index (χ4v) is 1.57. The van der Waals surface area contributed by atoms with E-state index in [1.165, 1.54) is 12.5 Å². The van der Waals surface area contributed by atoms with E-state index in [4.69, 9.17) is 0 Å². The third kappa shape index (κ3) is 1.39. The SMILES string of the molecule is CCC1(O)CN(C(=O)c2cnc[nH]2)C1. The molecular weight excluding hydrogens is 182 g/mol. The molecule has 0 radical (unpaired) electrons. The Morgan fingerprint density at radius 1 is 1.79 bits per heavy atom. The van der Waals surface area contributed by atoms with Crippen molar-refractivity contribution in [2.75, 3.05) is 13.1 Å². The van der Waals surface area contributed by atoms with E-state index in [1.54, 1.807) is 4.90 Å². The van der Waals surface area contributed by atoms with Gasteiger partial charge in [-0.3, -0.25) is 4.79 Å². The Labute approximate surface area is 81.8 Å². The Morgan fingerprint density at radius 3 is 3.00 bits per heavy atom. The summed E-state index contributed by atoms with van der Waals surface area (Å²) in [5.41, 5.74) is -0.196. The lowest BCUT2D eigenvalue weighted by atomic mass is 9.91. The van der Waals surface area contributed by atoms with Gasteiger partial charge >= 0.3 is 0 Å². The van der Waals surface area contributed by atoms with Crippen LogP contribution in [0, 0.1) is 0 Å². The van der Waals surface area contributed by atoms with Crippen molar-refractivity contribution >= 4 is 5.91 Å². The Hall–Kier alpha value is -1.36. The number of aliphatic hydroxyl groups is 1. The molecule has 1 saturated heterocycles. The van der Waals surface area contributed by atoms with Gasteiger partial charge in [-0.15, -0.1) is 0 Å². The van der Waals surface area contributed by atoms with Gasteiger partial charge in [0.15, 0.2) is 0 Å². The number of carbonyl (C=O) groups is 1. The molecule has 5 heteroatoms. The molecule has 1 aliphatic heterocycles. The predicted molar refractivity (Wildman–Crippen MR) is 49.7 cm³/mol. The predicted octanol–water partition coefficient (Wildman–Crippen LogP) is 0.00660. The van der Waals surface area contributed by atoms with Crippen molar-refractivity contribution in [2.45, 2.75) is 18.9 Å². The van der Waals surface area contributed by atoms with Crippen LogP contribution in [0.25, 0.3) is 0 Å². The van der Waals surface area contributed by atoms with Gasteiger partial charge in [0.2, 0.25) is 0 Å². The maximum atomic E-state index is 11.6. The number of aromatic nitrogens is 2. The van der Waals surface area contributed by atoms with Crippen LogP contribution in [0.2, 0.25) is 0 Å². The van der Waals surface area contributed by atoms with Gasteiger partial charge in [0.25, 0.3) is 5.91 Å². The van der Waals surface area contributed by atoms with E-state index < -0.39 is 5.60 Å². The van der Waals surface area contributed by atoms with E-state index in [-0.39, 0.29) is 5.91 Å². The summed E-state index contributed by atoms with van der Waals surface area (Å²) in [5.74, 6) is -0.0966. The van der Waals surface area contributed by atoms with Crippen molar-refractivity contribution in [2.24, 2.45) is 0 Å². The van der Waals surface area contributed by atoms with Crippen LogP contribution in [0.15, 0.2) is 12.5 Å². The van der Waals surface area contributed by atoms with E-state index in [2.05, 4.69) is 9.97 Å².